The van der Waals surface area contributed by atoms with Gasteiger partial charge in [-0.15, -0.1) is 0 Å². The summed E-state index contributed by atoms with van der Waals surface area (Å²) in [5, 5.41) is 3.74. The van der Waals surface area contributed by atoms with Crippen LogP contribution in [0.3, 0.4) is 0 Å². The molecule has 0 radical (unpaired) electrons. The number of hydrazone groups is 1. The van der Waals surface area contributed by atoms with Crippen molar-refractivity contribution in [2.75, 3.05) is 6.61 Å². The lowest BCUT2D eigenvalue weighted by molar-refractivity contribution is -0.138. The van der Waals surface area contributed by atoms with Crippen molar-refractivity contribution in [3.63, 3.8) is 0 Å². The van der Waals surface area contributed by atoms with Crippen molar-refractivity contribution in [3.05, 3.63) is 29.3 Å². The molecule has 0 fully saturated rings. The maximum absolute atomic E-state index is 13.1. The molecule has 8 heteroatoms. The topological polar surface area (TPSA) is 59.9 Å². The van der Waals surface area contributed by atoms with Crippen molar-refractivity contribution in [2.24, 2.45) is 5.10 Å². The molecule has 1 aliphatic rings. The fourth-order valence-electron chi connectivity index (χ4n) is 1.93. The summed E-state index contributed by atoms with van der Waals surface area (Å²) in [7, 11) is 0. The van der Waals surface area contributed by atoms with Crippen molar-refractivity contribution in [3.8, 4) is 5.75 Å². The Bertz CT molecular complexity index is 585. The lowest BCUT2D eigenvalue weighted by Crippen LogP contribution is -2.37. The monoisotopic (exact) mass is 302 g/mol. The number of benzene rings is 1. The molecule has 1 aromatic rings. The minimum atomic E-state index is -4.55. The van der Waals surface area contributed by atoms with Crippen LogP contribution in [0.4, 0.5) is 18.0 Å². The second-order valence-corrected chi connectivity index (χ2v) is 4.30. The predicted molar refractivity (Wildman–Crippen MR) is 68.2 cm³/mol. The zero-order valence-electron chi connectivity index (χ0n) is 11.3. The molecule has 1 aromatic carbocycles. The van der Waals surface area contributed by atoms with E-state index < -0.39 is 23.9 Å². The van der Waals surface area contributed by atoms with Gasteiger partial charge >= 0.3 is 12.3 Å². The van der Waals surface area contributed by atoms with E-state index in [0.29, 0.717) is 0 Å². The molecule has 0 saturated heterocycles. The van der Waals surface area contributed by atoms with E-state index in [4.69, 9.17) is 9.47 Å². The molecule has 1 N–H and O–H groups in total. The summed E-state index contributed by atoms with van der Waals surface area (Å²) in [4.78, 5) is 11.0. The van der Waals surface area contributed by atoms with Gasteiger partial charge in [-0.05, 0) is 32.0 Å². The Morgan fingerprint density at radius 1 is 1.43 bits per heavy atom. The number of halogens is 3. The van der Waals surface area contributed by atoms with Crippen LogP contribution in [0, 0.1) is 0 Å². The number of carbonyl (C=O) groups is 1. The van der Waals surface area contributed by atoms with Crippen LogP contribution in [0.25, 0.3) is 0 Å². The van der Waals surface area contributed by atoms with Crippen molar-refractivity contribution in [1.29, 1.82) is 0 Å². The van der Waals surface area contributed by atoms with Crippen LogP contribution in [-0.4, -0.2) is 24.5 Å². The minimum absolute atomic E-state index is 0.124. The Balaban J connectivity index is 2.45. The van der Waals surface area contributed by atoms with Gasteiger partial charge in [0.05, 0.1) is 12.2 Å². The van der Waals surface area contributed by atoms with E-state index in [-0.39, 0.29) is 23.6 Å². The van der Waals surface area contributed by atoms with Crippen LogP contribution >= 0.6 is 0 Å². The van der Waals surface area contributed by atoms with E-state index in [1.165, 1.54) is 19.1 Å². The highest BCUT2D eigenvalue weighted by Crippen LogP contribution is 2.37. The van der Waals surface area contributed by atoms with Gasteiger partial charge in [0.2, 0.25) is 0 Å². The second kappa shape index (κ2) is 5.63. The molecule has 2 rings (SSSR count). The maximum atomic E-state index is 13.1. The van der Waals surface area contributed by atoms with E-state index in [2.05, 4.69) is 10.5 Å². The van der Waals surface area contributed by atoms with E-state index in [1.807, 2.05) is 0 Å². The van der Waals surface area contributed by atoms with Gasteiger partial charge in [-0.2, -0.15) is 18.3 Å². The lowest BCUT2D eigenvalue weighted by Gasteiger charge is -2.21. The highest BCUT2D eigenvalue weighted by molar-refractivity contribution is 6.06. The second-order valence-electron chi connectivity index (χ2n) is 4.30. The van der Waals surface area contributed by atoms with Crippen molar-refractivity contribution < 1.29 is 27.4 Å². The number of alkyl halides is 3. The number of nitrogens with zero attached hydrogens (tertiary/aromatic N) is 1. The summed E-state index contributed by atoms with van der Waals surface area (Å²) >= 11 is 0. The summed E-state index contributed by atoms with van der Waals surface area (Å²) in [6, 6.07) is 3.60. The van der Waals surface area contributed by atoms with Crippen LogP contribution < -0.4 is 10.2 Å². The third-order valence-corrected chi connectivity index (χ3v) is 2.82. The van der Waals surface area contributed by atoms with Gasteiger partial charge in [0, 0.05) is 5.56 Å². The molecule has 0 saturated carbocycles. The highest BCUT2D eigenvalue weighted by Gasteiger charge is 2.35. The van der Waals surface area contributed by atoms with Crippen LogP contribution in [0.2, 0.25) is 0 Å². The van der Waals surface area contributed by atoms with Gasteiger partial charge in [0.15, 0.2) is 0 Å². The predicted octanol–water partition coefficient (Wildman–Crippen LogP) is 2.94. The van der Waals surface area contributed by atoms with Gasteiger partial charge < -0.3 is 9.47 Å². The molecule has 5 nitrogen and oxygen atoms in total. The molecule has 1 aliphatic heterocycles. The molecule has 0 spiro atoms. The standard InChI is InChI=1S/C13H13F3N2O3/c1-3-20-10-5-4-8(6-9(10)13(14,15)16)11-7(2)21-12(19)18-17-11/h4-7H,3H2,1-2H3,(H,18,19)/t7-/m0/s1. The largest absolute Gasteiger partial charge is 0.493 e. The Labute approximate surface area is 118 Å². The number of cyclic esters (lactones) is 1. The number of amides is 1. The Morgan fingerprint density at radius 3 is 2.71 bits per heavy atom. The zero-order valence-corrected chi connectivity index (χ0v) is 11.3. The Kier molecular flexibility index (Phi) is 4.06. The average Bonchev–Trinajstić information content (AvgIpc) is 2.38. The molecule has 1 atom stereocenters. The summed E-state index contributed by atoms with van der Waals surface area (Å²) < 4.78 is 49.0. The van der Waals surface area contributed by atoms with E-state index in [0.717, 1.165) is 6.07 Å². The number of hydrogen-bond donors (Lipinski definition) is 1. The quantitative estimate of drug-likeness (QED) is 0.934. The van der Waals surface area contributed by atoms with E-state index in [1.54, 1.807) is 6.92 Å². The molecular weight excluding hydrogens is 289 g/mol. The van der Waals surface area contributed by atoms with Crippen LogP contribution in [0.1, 0.15) is 25.0 Å². The minimum Gasteiger partial charge on any atom is -0.493 e. The maximum Gasteiger partial charge on any atom is 0.428 e. The van der Waals surface area contributed by atoms with Crippen LogP contribution in [-0.2, 0) is 10.9 Å². The summed E-state index contributed by atoms with van der Waals surface area (Å²) in [6.07, 6.45) is -6.03. The highest BCUT2D eigenvalue weighted by atomic mass is 19.4. The third kappa shape index (κ3) is 3.26. The van der Waals surface area contributed by atoms with Crippen LogP contribution in [0.5, 0.6) is 5.75 Å². The summed E-state index contributed by atoms with van der Waals surface area (Å²) in [5.74, 6) is -0.247. The molecule has 0 aromatic heterocycles. The third-order valence-electron chi connectivity index (χ3n) is 2.82. The van der Waals surface area contributed by atoms with Crippen LogP contribution in [0.15, 0.2) is 23.3 Å². The fraction of sp³-hybridized carbons (Fsp3) is 0.385. The molecule has 1 amide bonds. The van der Waals surface area contributed by atoms with Crippen molar-refractivity contribution in [1.82, 2.24) is 5.43 Å². The number of ether oxygens (including phenoxy) is 2. The number of nitrogens with one attached hydrogen (secondary N) is 1. The van der Waals surface area contributed by atoms with Gasteiger partial charge in [-0.3, -0.25) is 0 Å². The van der Waals surface area contributed by atoms with Gasteiger partial charge in [0.25, 0.3) is 0 Å². The van der Waals surface area contributed by atoms with Gasteiger partial charge in [-0.1, -0.05) is 0 Å². The first-order valence-corrected chi connectivity index (χ1v) is 6.21. The number of hydrogen-bond acceptors (Lipinski definition) is 4. The first-order chi connectivity index (χ1) is 9.82. The molecule has 0 aliphatic carbocycles. The average molecular weight is 302 g/mol. The van der Waals surface area contributed by atoms with Gasteiger partial charge in [0.1, 0.15) is 17.6 Å². The Hall–Kier alpha value is -2.25. The summed E-state index contributed by atoms with van der Waals surface area (Å²) in [6.45, 7) is 3.25. The normalized spacial score (nSPS) is 18.6. The SMILES string of the molecule is CCOc1ccc(C2=NNC(=O)O[C@H]2C)cc1C(F)(F)F. The summed E-state index contributed by atoms with van der Waals surface area (Å²) in [5.41, 5.74) is 1.60. The number of carbonyl (C=O) groups excluding carboxylic acids is 1. The Morgan fingerprint density at radius 2 is 2.14 bits per heavy atom. The molecule has 1 heterocycles. The first kappa shape index (κ1) is 15.1. The van der Waals surface area contributed by atoms with Crippen molar-refractivity contribution in [2.45, 2.75) is 26.1 Å². The smallest absolute Gasteiger partial charge is 0.428 e. The number of rotatable bonds is 3. The van der Waals surface area contributed by atoms with E-state index >= 15 is 0 Å². The van der Waals surface area contributed by atoms with Crippen molar-refractivity contribution >= 4 is 11.8 Å². The molecular formula is C13H13F3N2O3. The lowest BCUT2D eigenvalue weighted by atomic mass is 10.0. The molecule has 114 valence electrons. The molecule has 21 heavy (non-hydrogen) atoms. The molecule has 0 bridgehead atoms. The van der Waals surface area contributed by atoms with E-state index in [9.17, 15) is 18.0 Å². The fourth-order valence-corrected chi connectivity index (χ4v) is 1.93. The van der Waals surface area contributed by atoms with Gasteiger partial charge in [-0.25, -0.2) is 10.2 Å². The first-order valence-electron chi connectivity index (χ1n) is 6.21. The molecule has 0 unspecified atom stereocenters. The zero-order chi connectivity index (χ0) is 15.6.